The second kappa shape index (κ2) is 7.79. The summed E-state index contributed by atoms with van der Waals surface area (Å²) < 4.78 is 0. The fourth-order valence-corrected chi connectivity index (χ4v) is 2.50. The first kappa shape index (κ1) is 16.3. The summed E-state index contributed by atoms with van der Waals surface area (Å²) in [6, 6.07) is 14.4. The zero-order valence-corrected chi connectivity index (χ0v) is 13.8. The Balaban J connectivity index is 1.95. The monoisotopic (exact) mass is 295 g/mol. The molecule has 1 N–H and O–H groups in total. The van der Waals surface area contributed by atoms with E-state index < -0.39 is 0 Å². The van der Waals surface area contributed by atoms with E-state index in [0.717, 1.165) is 23.2 Å². The molecule has 0 radical (unpaired) electrons. The summed E-state index contributed by atoms with van der Waals surface area (Å²) in [7, 11) is 0. The lowest BCUT2D eigenvalue weighted by molar-refractivity contribution is -0.115. The molecule has 1 amide bonds. The number of rotatable bonds is 6. The molecular formula is C20H25NO. The van der Waals surface area contributed by atoms with Gasteiger partial charge in [-0.25, -0.2) is 0 Å². The van der Waals surface area contributed by atoms with Gasteiger partial charge in [0.2, 0.25) is 5.91 Å². The summed E-state index contributed by atoms with van der Waals surface area (Å²) in [5, 5.41) is 2.98. The molecule has 0 spiro atoms. The van der Waals surface area contributed by atoms with Crippen molar-refractivity contribution in [3.8, 4) is 0 Å². The number of carbonyl (C=O) groups is 1. The van der Waals surface area contributed by atoms with Gasteiger partial charge in [-0.15, -0.1) is 0 Å². The molecule has 0 fully saturated rings. The molecule has 2 rings (SSSR count). The first-order valence-electron chi connectivity index (χ1n) is 8.03. The minimum Gasteiger partial charge on any atom is -0.326 e. The molecule has 0 aliphatic heterocycles. The molecule has 0 atom stereocenters. The first-order valence-corrected chi connectivity index (χ1v) is 8.03. The predicted molar refractivity (Wildman–Crippen MR) is 93.3 cm³/mol. The van der Waals surface area contributed by atoms with E-state index in [1.165, 1.54) is 24.0 Å². The molecule has 0 unspecified atom stereocenters. The number of nitrogens with one attached hydrogen (secondary N) is 1. The van der Waals surface area contributed by atoms with E-state index in [-0.39, 0.29) is 5.91 Å². The van der Waals surface area contributed by atoms with Crippen LogP contribution in [0.5, 0.6) is 0 Å². The summed E-state index contributed by atoms with van der Waals surface area (Å²) in [4.78, 5) is 12.2. The van der Waals surface area contributed by atoms with Gasteiger partial charge < -0.3 is 5.32 Å². The lowest BCUT2D eigenvalue weighted by Crippen LogP contribution is -2.15. The zero-order valence-electron chi connectivity index (χ0n) is 13.8. The van der Waals surface area contributed by atoms with Crippen LogP contribution in [0.1, 0.15) is 42.0 Å². The fourth-order valence-electron chi connectivity index (χ4n) is 2.50. The largest absolute Gasteiger partial charge is 0.326 e. The van der Waals surface area contributed by atoms with Gasteiger partial charge in [0.15, 0.2) is 0 Å². The fraction of sp³-hybridized carbons (Fsp3) is 0.350. The van der Waals surface area contributed by atoms with Crippen LogP contribution < -0.4 is 5.32 Å². The number of aryl methyl sites for hydroxylation is 3. The average molecular weight is 295 g/mol. The summed E-state index contributed by atoms with van der Waals surface area (Å²) >= 11 is 0. The van der Waals surface area contributed by atoms with Gasteiger partial charge in [0, 0.05) is 5.69 Å². The molecule has 0 aliphatic carbocycles. The van der Waals surface area contributed by atoms with E-state index in [1.807, 2.05) is 19.1 Å². The smallest absolute Gasteiger partial charge is 0.228 e. The molecule has 0 aromatic heterocycles. The number of carbonyl (C=O) groups excluding carboxylic acids is 1. The molecule has 0 bridgehead atoms. The van der Waals surface area contributed by atoms with Crippen molar-refractivity contribution < 1.29 is 4.79 Å². The van der Waals surface area contributed by atoms with Gasteiger partial charge in [-0.3, -0.25) is 4.79 Å². The Morgan fingerprint density at radius 3 is 2.45 bits per heavy atom. The number of benzene rings is 2. The normalized spacial score (nSPS) is 10.5. The third kappa shape index (κ3) is 4.73. The minimum atomic E-state index is 0.0370. The summed E-state index contributed by atoms with van der Waals surface area (Å²) in [6.07, 6.45) is 3.94. The summed E-state index contributed by atoms with van der Waals surface area (Å²) in [6.45, 7) is 6.29. The number of anilines is 1. The van der Waals surface area contributed by atoms with E-state index in [1.54, 1.807) is 0 Å². The second-order valence-electron chi connectivity index (χ2n) is 5.96. The van der Waals surface area contributed by atoms with Gasteiger partial charge in [0.05, 0.1) is 6.42 Å². The van der Waals surface area contributed by atoms with E-state index >= 15 is 0 Å². The standard InChI is InChI=1S/C20H25NO/c1-4-5-6-17-9-11-19(12-10-17)21-20(22)14-18-13-15(2)7-8-16(18)3/h7-13H,4-6,14H2,1-3H3,(H,21,22). The highest BCUT2D eigenvalue weighted by Gasteiger charge is 2.07. The number of amides is 1. The van der Waals surface area contributed by atoms with Crippen molar-refractivity contribution in [3.05, 3.63) is 64.7 Å². The van der Waals surface area contributed by atoms with Crippen molar-refractivity contribution in [2.45, 2.75) is 46.5 Å². The molecule has 0 heterocycles. The van der Waals surface area contributed by atoms with Crippen molar-refractivity contribution in [1.82, 2.24) is 0 Å². The average Bonchev–Trinajstić information content (AvgIpc) is 2.50. The highest BCUT2D eigenvalue weighted by molar-refractivity contribution is 5.92. The van der Waals surface area contributed by atoms with Crippen LogP contribution in [-0.2, 0) is 17.6 Å². The van der Waals surface area contributed by atoms with Crippen molar-refractivity contribution in [3.63, 3.8) is 0 Å². The molecule has 0 saturated heterocycles. The van der Waals surface area contributed by atoms with Gasteiger partial charge in [-0.05, 0) is 55.5 Å². The zero-order chi connectivity index (χ0) is 15.9. The van der Waals surface area contributed by atoms with Crippen LogP contribution in [0.4, 0.5) is 5.69 Å². The van der Waals surface area contributed by atoms with E-state index in [2.05, 4.69) is 49.5 Å². The Morgan fingerprint density at radius 2 is 1.77 bits per heavy atom. The summed E-state index contributed by atoms with van der Waals surface area (Å²) in [5.74, 6) is 0.0370. The number of hydrogen-bond donors (Lipinski definition) is 1. The maximum atomic E-state index is 12.2. The Hall–Kier alpha value is -2.09. The number of unbranched alkanes of at least 4 members (excludes halogenated alkanes) is 1. The van der Waals surface area contributed by atoms with Gasteiger partial charge in [-0.1, -0.05) is 49.2 Å². The molecule has 2 aromatic carbocycles. The molecule has 2 heteroatoms. The van der Waals surface area contributed by atoms with Crippen molar-refractivity contribution in [2.75, 3.05) is 5.32 Å². The molecule has 0 aliphatic rings. The van der Waals surface area contributed by atoms with Crippen LogP contribution in [-0.4, -0.2) is 5.91 Å². The minimum absolute atomic E-state index is 0.0370. The van der Waals surface area contributed by atoms with Crippen LogP contribution in [0.2, 0.25) is 0 Å². The second-order valence-corrected chi connectivity index (χ2v) is 5.96. The van der Waals surface area contributed by atoms with Crippen molar-refractivity contribution in [1.29, 1.82) is 0 Å². The maximum absolute atomic E-state index is 12.2. The van der Waals surface area contributed by atoms with Crippen molar-refractivity contribution >= 4 is 11.6 Å². The Kier molecular flexibility index (Phi) is 5.76. The van der Waals surface area contributed by atoms with Gasteiger partial charge in [0.25, 0.3) is 0 Å². The van der Waals surface area contributed by atoms with Crippen LogP contribution in [0.25, 0.3) is 0 Å². The van der Waals surface area contributed by atoms with Crippen molar-refractivity contribution in [2.24, 2.45) is 0 Å². The Labute approximate surface area is 133 Å². The molecule has 116 valence electrons. The third-order valence-corrected chi connectivity index (χ3v) is 3.91. The predicted octanol–water partition coefficient (Wildman–Crippen LogP) is 4.83. The molecule has 22 heavy (non-hydrogen) atoms. The summed E-state index contributed by atoms with van der Waals surface area (Å²) in [5.41, 5.74) is 5.64. The Morgan fingerprint density at radius 1 is 1.05 bits per heavy atom. The molecule has 2 nitrogen and oxygen atoms in total. The van der Waals surface area contributed by atoms with Crippen LogP contribution >= 0.6 is 0 Å². The maximum Gasteiger partial charge on any atom is 0.228 e. The molecular weight excluding hydrogens is 270 g/mol. The molecule has 0 saturated carbocycles. The lowest BCUT2D eigenvalue weighted by atomic mass is 10.0. The quantitative estimate of drug-likeness (QED) is 0.812. The number of hydrogen-bond acceptors (Lipinski definition) is 1. The highest BCUT2D eigenvalue weighted by Crippen LogP contribution is 2.14. The van der Waals surface area contributed by atoms with E-state index in [4.69, 9.17) is 0 Å². The third-order valence-electron chi connectivity index (χ3n) is 3.91. The lowest BCUT2D eigenvalue weighted by Gasteiger charge is -2.09. The van der Waals surface area contributed by atoms with Crippen LogP contribution in [0.15, 0.2) is 42.5 Å². The van der Waals surface area contributed by atoms with Gasteiger partial charge >= 0.3 is 0 Å². The highest BCUT2D eigenvalue weighted by atomic mass is 16.1. The molecule has 2 aromatic rings. The Bertz CT molecular complexity index is 629. The van der Waals surface area contributed by atoms with Gasteiger partial charge in [0.1, 0.15) is 0 Å². The van der Waals surface area contributed by atoms with Gasteiger partial charge in [-0.2, -0.15) is 0 Å². The van der Waals surface area contributed by atoms with E-state index in [9.17, 15) is 4.79 Å². The van der Waals surface area contributed by atoms with Crippen LogP contribution in [0, 0.1) is 13.8 Å². The van der Waals surface area contributed by atoms with Crippen LogP contribution in [0.3, 0.4) is 0 Å². The topological polar surface area (TPSA) is 29.1 Å². The van der Waals surface area contributed by atoms with E-state index in [0.29, 0.717) is 6.42 Å². The first-order chi connectivity index (χ1) is 10.6. The SMILES string of the molecule is CCCCc1ccc(NC(=O)Cc2cc(C)ccc2C)cc1.